The molecule has 0 aliphatic rings. The maximum Gasteiger partial charge on any atom is 0.197 e. The lowest BCUT2D eigenvalue weighted by Gasteiger charge is -2.02. The fourth-order valence-corrected chi connectivity index (χ4v) is 3.02. The van der Waals surface area contributed by atoms with Crippen LogP contribution in [-0.4, -0.2) is 9.97 Å². The summed E-state index contributed by atoms with van der Waals surface area (Å²) in [5.41, 5.74) is 2.29. The molecule has 0 spiro atoms. The molecule has 2 aromatic heterocycles. The number of pyridine rings is 1. The van der Waals surface area contributed by atoms with E-state index in [-0.39, 0.29) is 5.43 Å². The van der Waals surface area contributed by atoms with Crippen molar-refractivity contribution in [3.63, 3.8) is 0 Å². The molecule has 22 heavy (non-hydrogen) atoms. The number of anilines is 2. The van der Waals surface area contributed by atoms with Crippen molar-refractivity contribution >= 4 is 38.2 Å². The molecule has 2 N–H and O–H groups in total. The van der Waals surface area contributed by atoms with Crippen molar-refractivity contribution in [2.75, 3.05) is 5.32 Å². The van der Waals surface area contributed by atoms with Crippen LogP contribution in [0.4, 0.5) is 10.9 Å². The number of benzene rings is 1. The number of nitrogens with zero attached hydrogens (tertiary/aromatic N) is 1. The van der Waals surface area contributed by atoms with Crippen LogP contribution in [0.25, 0.3) is 0 Å². The van der Waals surface area contributed by atoms with Crippen molar-refractivity contribution in [2.45, 2.75) is 12.8 Å². The largest absolute Gasteiger partial charge is 0.347 e. The molecule has 0 bridgehead atoms. The molecular weight excluding hydrogens is 362 g/mol. The topological polar surface area (TPSA) is 57.8 Å². The van der Waals surface area contributed by atoms with Crippen molar-refractivity contribution in [1.29, 1.82) is 0 Å². The van der Waals surface area contributed by atoms with Gasteiger partial charge in [-0.25, -0.2) is 4.98 Å². The standard InChI is InChI=1S/C16H14BrN3OS/c17-13-9-18-15(8-14(13)21)20-16-19-12(10-22-16)7-6-11-4-2-1-3-5-11/h1-5,8-10H,6-7H2,(H2,18,19,20,21). The molecule has 0 aliphatic heterocycles. The number of aromatic nitrogens is 2. The van der Waals surface area contributed by atoms with Gasteiger partial charge in [0.15, 0.2) is 10.6 Å². The van der Waals surface area contributed by atoms with Crippen molar-refractivity contribution < 1.29 is 0 Å². The number of aryl methyl sites for hydroxylation is 2. The molecular formula is C16H14BrN3OS. The first-order valence-electron chi connectivity index (χ1n) is 6.84. The third kappa shape index (κ3) is 3.84. The van der Waals surface area contributed by atoms with E-state index < -0.39 is 0 Å². The Morgan fingerprint density at radius 2 is 2.05 bits per heavy atom. The zero-order valence-electron chi connectivity index (χ0n) is 11.7. The summed E-state index contributed by atoms with van der Waals surface area (Å²) in [5, 5.41) is 5.94. The maximum absolute atomic E-state index is 11.6. The number of thiazole rings is 1. The number of hydrogen-bond donors (Lipinski definition) is 2. The maximum atomic E-state index is 11.6. The number of H-pyrrole nitrogens is 1. The second kappa shape index (κ2) is 6.89. The van der Waals surface area contributed by atoms with Crippen LogP contribution in [0.15, 0.2) is 57.2 Å². The first-order valence-corrected chi connectivity index (χ1v) is 8.51. The highest BCUT2D eigenvalue weighted by Gasteiger charge is 2.04. The van der Waals surface area contributed by atoms with Crippen LogP contribution in [0.5, 0.6) is 0 Å². The quantitative estimate of drug-likeness (QED) is 0.704. The summed E-state index contributed by atoms with van der Waals surface area (Å²) in [6.45, 7) is 0. The summed E-state index contributed by atoms with van der Waals surface area (Å²) in [6, 6.07) is 11.9. The molecule has 0 unspecified atom stereocenters. The van der Waals surface area contributed by atoms with E-state index in [0.29, 0.717) is 10.3 Å². The van der Waals surface area contributed by atoms with Gasteiger partial charge in [-0.2, -0.15) is 0 Å². The summed E-state index contributed by atoms with van der Waals surface area (Å²) < 4.78 is 0.515. The van der Waals surface area contributed by atoms with Gasteiger partial charge in [0.1, 0.15) is 5.82 Å². The molecule has 3 aromatic rings. The molecule has 0 atom stereocenters. The van der Waals surface area contributed by atoms with Crippen LogP contribution in [0, 0.1) is 0 Å². The fourth-order valence-electron chi connectivity index (χ4n) is 2.04. The molecule has 6 heteroatoms. The normalized spacial score (nSPS) is 10.6. The van der Waals surface area contributed by atoms with Gasteiger partial charge in [0.25, 0.3) is 0 Å². The lowest BCUT2D eigenvalue weighted by atomic mass is 10.1. The molecule has 0 amide bonds. The van der Waals surface area contributed by atoms with Crippen LogP contribution >= 0.6 is 27.3 Å². The molecule has 0 radical (unpaired) electrons. The Morgan fingerprint density at radius 3 is 2.82 bits per heavy atom. The van der Waals surface area contributed by atoms with E-state index in [1.54, 1.807) is 6.20 Å². The Hall–Kier alpha value is -1.92. The second-order valence-electron chi connectivity index (χ2n) is 4.81. The summed E-state index contributed by atoms with van der Waals surface area (Å²) >= 11 is 4.71. The highest BCUT2D eigenvalue weighted by atomic mass is 79.9. The molecule has 0 saturated carbocycles. The molecule has 4 nitrogen and oxygen atoms in total. The van der Waals surface area contributed by atoms with E-state index in [1.165, 1.54) is 23.0 Å². The van der Waals surface area contributed by atoms with Gasteiger partial charge in [-0.3, -0.25) is 4.79 Å². The van der Waals surface area contributed by atoms with Crippen molar-refractivity contribution in [3.8, 4) is 0 Å². The van der Waals surface area contributed by atoms with E-state index >= 15 is 0 Å². The molecule has 0 aliphatic carbocycles. The molecule has 112 valence electrons. The Bertz CT molecular complexity index is 814. The third-order valence-corrected chi connectivity index (χ3v) is 4.60. The Morgan fingerprint density at radius 1 is 1.23 bits per heavy atom. The lowest BCUT2D eigenvalue weighted by Crippen LogP contribution is -2.04. The van der Waals surface area contributed by atoms with Gasteiger partial charge >= 0.3 is 0 Å². The molecule has 0 fully saturated rings. The van der Waals surface area contributed by atoms with Gasteiger partial charge in [-0.15, -0.1) is 11.3 Å². The van der Waals surface area contributed by atoms with E-state index in [2.05, 4.69) is 43.3 Å². The smallest absolute Gasteiger partial charge is 0.197 e. The van der Waals surface area contributed by atoms with Crippen molar-refractivity contribution in [3.05, 3.63) is 73.9 Å². The van der Waals surface area contributed by atoms with Gasteiger partial charge in [0, 0.05) is 17.6 Å². The molecule has 2 heterocycles. The number of aromatic amines is 1. The minimum atomic E-state index is -0.0675. The molecule has 1 aromatic carbocycles. The van der Waals surface area contributed by atoms with Gasteiger partial charge < -0.3 is 10.3 Å². The van der Waals surface area contributed by atoms with E-state index in [9.17, 15) is 4.79 Å². The summed E-state index contributed by atoms with van der Waals surface area (Å²) in [7, 11) is 0. The van der Waals surface area contributed by atoms with E-state index in [0.717, 1.165) is 23.7 Å². The predicted molar refractivity (Wildman–Crippen MR) is 94.0 cm³/mol. The minimum Gasteiger partial charge on any atom is -0.347 e. The Balaban J connectivity index is 1.63. The SMILES string of the molecule is O=c1cc(Nc2nc(CCc3ccccc3)cs2)[nH]cc1Br. The van der Waals surface area contributed by atoms with Gasteiger partial charge in [-0.05, 0) is 34.3 Å². The van der Waals surface area contributed by atoms with Gasteiger partial charge in [-0.1, -0.05) is 30.3 Å². The minimum absolute atomic E-state index is 0.0675. The highest BCUT2D eigenvalue weighted by molar-refractivity contribution is 9.10. The average Bonchev–Trinajstić information content (AvgIpc) is 2.97. The summed E-state index contributed by atoms with van der Waals surface area (Å²) in [4.78, 5) is 19.1. The number of nitrogens with one attached hydrogen (secondary N) is 2. The zero-order chi connectivity index (χ0) is 15.4. The predicted octanol–water partition coefficient (Wildman–Crippen LogP) is 4.12. The lowest BCUT2D eigenvalue weighted by molar-refractivity contribution is 0.927. The van der Waals surface area contributed by atoms with Crippen LogP contribution in [-0.2, 0) is 12.8 Å². The summed E-state index contributed by atoms with van der Waals surface area (Å²) in [6.07, 6.45) is 3.49. The second-order valence-corrected chi connectivity index (χ2v) is 6.53. The number of hydrogen-bond acceptors (Lipinski definition) is 4. The average molecular weight is 376 g/mol. The van der Waals surface area contributed by atoms with E-state index in [1.807, 2.05) is 23.6 Å². The highest BCUT2D eigenvalue weighted by Crippen LogP contribution is 2.20. The number of rotatable bonds is 5. The van der Waals surface area contributed by atoms with Gasteiger partial charge in [0.2, 0.25) is 0 Å². The Kier molecular flexibility index (Phi) is 4.70. The van der Waals surface area contributed by atoms with Crippen molar-refractivity contribution in [1.82, 2.24) is 9.97 Å². The first-order chi connectivity index (χ1) is 10.7. The van der Waals surface area contributed by atoms with Crippen LogP contribution in [0.3, 0.4) is 0 Å². The van der Waals surface area contributed by atoms with Gasteiger partial charge in [0.05, 0.1) is 10.2 Å². The monoisotopic (exact) mass is 375 g/mol. The Labute approximate surface area is 140 Å². The number of halogens is 1. The van der Waals surface area contributed by atoms with Crippen molar-refractivity contribution in [2.24, 2.45) is 0 Å². The molecule has 0 saturated heterocycles. The fraction of sp³-hybridized carbons (Fsp3) is 0.125. The zero-order valence-corrected chi connectivity index (χ0v) is 14.1. The van der Waals surface area contributed by atoms with Crippen LogP contribution < -0.4 is 10.7 Å². The summed E-state index contributed by atoms with van der Waals surface area (Å²) in [5.74, 6) is 0.636. The van der Waals surface area contributed by atoms with E-state index in [4.69, 9.17) is 0 Å². The first kappa shape index (κ1) is 15.0. The third-order valence-electron chi connectivity index (χ3n) is 3.17. The van der Waals surface area contributed by atoms with Crippen LogP contribution in [0.1, 0.15) is 11.3 Å². The molecule has 3 rings (SSSR count). The van der Waals surface area contributed by atoms with Crippen LogP contribution in [0.2, 0.25) is 0 Å².